The van der Waals surface area contributed by atoms with E-state index in [1.165, 1.54) is 0 Å². The van der Waals surface area contributed by atoms with Crippen molar-refractivity contribution in [2.75, 3.05) is 0 Å². The molecule has 2 N–H and O–H groups in total. The van der Waals surface area contributed by atoms with Crippen molar-refractivity contribution in [1.82, 2.24) is 10.6 Å². The van der Waals surface area contributed by atoms with Crippen LogP contribution in [-0.2, 0) is 6.54 Å². The van der Waals surface area contributed by atoms with Crippen LogP contribution in [0.2, 0.25) is 0 Å². The second-order valence-electron chi connectivity index (χ2n) is 5.63. The number of benzene rings is 2. The molecule has 3 rings (SSSR count). The molecule has 1 aliphatic rings. The van der Waals surface area contributed by atoms with Crippen molar-refractivity contribution < 1.29 is 9.59 Å². The van der Waals surface area contributed by atoms with Gasteiger partial charge in [0.2, 0.25) is 0 Å². The van der Waals surface area contributed by atoms with Crippen LogP contribution in [0.1, 0.15) is 39.1 Å². The number of hydrogen-bond donors (Lipinski definition) is 2. The molecule has 0 heterocycles. The molecule has 5 heteroatoms. The predicted octanol–water partition coefficient (Wildman–Crippen LogP) is 3.11. The Morgan fingerprint density at radius 1 is 0.913 bits per heavy atom. The van der Waals surface area contributed by atoms with Gasteiger partial charge in [0.1, 0.15) is 0 Å². The van der Waals surface area contributed by atoms with Gasteiger partial charge in [0.15, 0.2) is 0 Å². The topological polar surface area (TPSA) is 58.2 Å². The highest BCUT2D eigenvalue weighted by Gasteiger charge is 2.23. The van der Waals surface area contributed by atoms with E-state index >= 15 is 0 Å². The number of nitrogens with one attached hydrogen (secondary N) is 2. The normalized spacial score (nSPS) is 13.4. The first-order chi connectivity index (χ1) is 11.1. The highest BCUT2D eigenvalue weighted by Crippen LogP contribution is 2.19. The average molecular weight is 420 g/mol. The number of amides is 2. The molecule has 118 valence electrons. The summed E-state index contributed by atoms with van der Waals surface area (Å²) in [7, 11) is 0. The second kappa shape index (κ2) is 7.12. The van der Waals surface area contributed by atoms with Crippen molar-refractivity contribution in [3.8, 4) is 0 Å². The van der Waals surface area contributed by atoms with Gasteiger partial charge in [0, 0.05) is 27.3 Å². The van der Waals surface area contributed by atoms with E-state index in [1.54, 1.807) is 12.1 Å². The van der Waals surface area contributed by atoms with E-state index in [0.29, 0.717) is 23.7 Å². The molecule has 2 aromatic rings. The first kappa shape index (κ1) is 16.0. The Morgan fingerprint density at radius 3 is 2.09 bits per heavy atom. The van der Waals surface area contributed by atoms with Crippen molar-refractivity contribution >= 4 is 34.4 Å². The fraction of sp³-hybridized carbons (Fsp3) is 0.222. The van der Waals surface area contributed by atoms with Crippen molar-refractivity contribution in [2.24, 2.45) is 0 Å². The van der Waals surface area contributed by atoms with Gasteiger partial charge in [-0.05, 0) is 77.4 Å². The van der Waals surface area contributed by atoms with Crippen LogP contribution in [0.3, 0.4) is 0 Å². The summed E-state index contributed by atoms with van der Waals surface area (Å²) in [5.41, 5.74) is 2.27. The molecule has 0 atom stereocenters. The summed E-state index contributed by atoms with van der Waals surface area (Å²) in [5, 5.41) is 5.84. The molecule has 2 aromatic carbocycles. The maximum atomic E-state index is 12.1. The average Bonchev–Trinajstić information content (AvgIpc) is 3.37. The Morgan fingerprint density at radius 2 is 1.48 bits per heavy atom. The lowest BCUT2D eigenvalue weighted by Crippen LogP contribution is -2.25. The lowest BCUT2D eigenvalue weighted by molar-refractivity contribution is 0.0941. The highest BCUT2D eigenvalue weighted by atomic mass is 127. The fourth-order valence-corrected chi connectivity index (χ4v) is 2.52. The predicted molar refractivity (Wildman–Crippen MR) is 97.3 cm³/mol. The minimum Gasteiger partial charge on any atom is -0.349 e. The summed E-state index contributed by atoms with van der Waals surface area (Å²) in [5.74, 6) is -0.126. The monoisotopic (exact) mass is 420 g/mol. The van der Waals surface area contributed by atoms with Crippen molar-refractivity contribution in [1.29, 1.82) is 0 Å². The summed E-state index contributed by atoms with van der Waals surface area (Å²) < 4.78 is 1.10. The molecule has 0 aromatic heterocycles. The summed E-state index contributed by atoms with van der Waals surface area (Å²) in [6.45, 7) is 0.440. The van der Waals surface area contributed by atoms with Crippen molar-refractivity contribution in [2.45, 2.75) is 25.4 Å². The number of carbonyl (C=O) groups excluding carboxylic acids is 2. The number of hydrogen-bond acceptors (Lipinski definition) is 2. The molecule has 4 nitrogen and oxygen atoms in total. The van der Waals surface area contributed by atoms with Crippen LogP contribution < -0.4 is 10.6 Å². The van der Waals surface area contributed by atoms with Gasteiger partial charge in [-0.3, -0.25) is 9.59 Å². The molecule has 0 bridgehead atoms. The van der Waals surface area contributed by atoms with Crippen LogP contribution in [0.25, 0.3) is 0 Å². The Hall–Kier alpha value is -1.89. The van der Waals surface area contributed by atoms with Crippen molar-refractivity contribution in [3.05, 3.63) is 68.8 Å². The smallest absolute Gasteiger partial charge is 0.251 e. The van der Waals surface area contributed by atoms with Gasteiger partial charge in [-0.2, -0.15) is 0 Å². The van der Waals surface area contributed by atoms with Gasteiger partial charge < -0.3 is 10.6 Å². The third-order valence-corrected chi connectivity index (χ3v) is 4.41. The zero-order chi connectivity index (χ0) is 16.2. The molecular weight excluding hydrogens is 403 g/mol. The Kier molecular flexibility index (Phi) is 4.95. The summed E-state index contributed by atoms with van der Waals surface area (Å²) in [6, 6.07) is 15.1. The van der Waals surface area contributed by atoms with Gasteiger partial charge >= 0.3 is 0 Å². The molecule has 1 fully saturated rings. The SMILES string of the molecule is O=C(NCc1ccc(C(=O)NC2CC2)cc1)c1ccc(I)cc1. The largest absolute Gasteiger partial charge is 0.349 e. The molecule has 2 amide bonds. The third-order valence-electron chi connectivity index (χ3n) is 3.69. The molecule has 0 radical (unpaired) electrons. The number of rotatable bonds is 5. The molecule has 0 aliphatic heterocycles. The summed E-state index contributed by atoms with van der Waals surface area (Å²) in [6.07, 6.45) is 2.16. The van der Waals surface area contributed by atoms with Gasteiger partial charge in [-0.25, -0.2) is 0 Å². The molecule has 0 spiro atoms. The summed E-state index contributed by atoms with van der Waals surface area (Å²) in [4.78, 5) is 24.0. The number of halogens is 1. The fourth-order valence-electron chi connectivity index (χ4n) is 2.16. The second-order valence-corrected chi connectivity index (χ2v) is 6.88. The molecule has 23 heavy (non-hydrogen) atoms. The van der Waals surface area contributed by atoms with Crippen LogP contribution in [0.4, 0.5) is 0 Å². The van der Waals surface area contributed by atoms with E-state index in [9.17, 15) is 9.59 Å². The maximum absolute atomic E-state index is 12.1. The Balaban J connectivity index is 1.54. The van der Waals surface area contributed by atoms with E-state index in [2.05, 4.69) is 33.2 Å². The van der Waals surface area contributed by atoms with Crippen LogP contribution in [0, 0.1) is 3.57 Å². The van der Waals surface area contributed by atoms with Gasteiger partial charge in [-0.15, -0.1) is 0 Å². The van der Waals surface area contributed by atoms with Gasteiger partial charge in [-0.1, -0.05) is 12.1 Å². The van der Waals surface area contributed by atoms with E-state index in [0.717, 1.165) is 22.0 Å². The Bertz CT molecular complexity index is 707. The highest BCUT2D eigenvalue weighted by molar-refractivity contribution is 14.1. The lowest BCUT2D eigenvalue weighted by atomic mass is 10.1. The lowest BCUT2D eigenvalue weighted by Gasteiger charge is -2.07. The van der Waals surface area contributed by atoms with E-state index in [1.807, 2.05) is 36.4 Å². The van der Waals surface area contributed by atoms with Crippen LogP contribution >= 0.6 is 22.6 Å². The zero-order valence-electron chi connectivity index (χ0n) is 12.5. The third kappa shape index (κ3) is 4.54. The van der Waals surface area contributed by atoms with Crippen molar-refractivity contribution in [3.63, 3.8) is 0 Å². The molecular formula is C18H17IN2O2. The quantitative estimate of drug-likeness (QED) is 0.731. The van der Waals surface area contributed by atoms with E-state index < -0.39 is 0 Å². The van der Waals surface area contributed by atoms with Gasteiger partial charge in [0.25, 0.3) is 11.8 Å². The first-order valence-electron chi connectivity index (χ1n) is 7.55. The molecule has 1 saturated carbocycles. The standard InChI is InChI=1S/C18H17IN2O2/c19-15-7-5-13(6-8-15)17(22)20-11-12-1-3-14(4-2-12)18(23)21-16-9-10-16/h1-8,16H,9-11H2,(H,20,22)(H,21,23). The van der Waals surface area contributed by atoms with Gasteiger partial charge in [0.05, 0.1) is 0 Å². The van der Waals surface area contributed by atoms with E-state index in [-0.39, 0.29) is 11.8 Å². The molecule has 0 unspecified atom stereocenters. The van der Waals surface area contributed by atoms with Crippen LogP contribution in [0.15, 0.2) is 48.5 Å². The number of carbonyl (C=O) groups is 2. The Labute approximate surface area is 148 Å². The molecule has 0 saturated heterocycles. The minimum atomic E-state index is -0.100. The maximum Gasteiger partial charge on any atom is 0.251 e. The first-order valence-corrected chi connectivity index (χ1v) is 8.63. The van der Waals surface area contributed by atoms with Crippen LogP contribution in [0.5, 0.6) is 0 Å². The van der Waals surface area contributed by atoms with Crippen LogP contribution in [-0.4, -0.2) is 17.9 Å². The van der Waals surface area contributed by atoms with E-state index in [4.69, 9.17) is 0 Å². The minimum absolute atomic E-state index is 0.0259. The summed E-state index contributed by atoms with van der Waals surface area (Å²) >= 11 is 2.21. The molecule has 1 aliphatic carbocycles. The zero-order valence-corrected chi connectivity index (χ0v) is 14.7.